The van der Waals surface area contributed by atoms with Crippen LogP contribution in [0.15, 0.2) is 41.3 Å². The van der Waals surface area contributed by atoms with Crippen molar-refractivity contribution in [3.8, 4) is 17.2 Å². The minimum absolute atomic E-state index is 0.0659. The van der Waals surface area contributed by atoms with Crippen molar-refractivity contribution in [3.63, 3.8) is 0 Å². The number of benzene rings is 2. The molecule has 2 aromatic rings. The number of fused-ring (bicyclic) bond motifs is 1. The van der Waals surface area contributed by atoms with E-state index in [0.717, 1.165) is 0 Å². The number of ether oxygens (including phenoxy) is 3. The maximum atomic E-state index is 12.6. The van der Waals surface area contributed by atoms with Crippen molar-refractivity contribution in [2.45, 2.75) is 31.7 Å². The molecule has 150 valence electrons. The van der Waals surface area contributed by atoms with E-state index in [1.807, 2.05) is 6.92 Å². The third-order valence-electron chi connectivity index (χ3n) is 4.12. The summed E-state index contributed by atoms with van der Waals surface area (Å²) in [7, 11) is -3.87. The van der Waals surface area contributed by atoms with Crippen LogP contribution in [0, 0.1) is 6.92 Å². The Morgan fingerprint density at radius 3 is 2.64 bits per heavy atom. The Morgan fingerprint density at radius 1 is 1.18 bits per heavy atom. The molecule has 0 unspecified atom stereocenters. The van der Waals surface area contributed by atoms with Crippen LogP contribution in [0.5, 0.6) is 17.2 Å². The van der Waals surface area contributed by atoms with Crippen LogP contribution in [-0.4, -0.2) is 33.8 Å². The fourth-order valence-electron chi connectivity index (χ4n) is 2.69. The van der Waals surface area contributed by atoms with Crippen molar-refractivity contribution in [2.24, 2.45) is 0 Å². The molecule has 0 aromatic heterocycles. The number of hydrogen-bond acceptors (Lipinski definition) is 6. The first kappa shape index (κ1) is 20.0. The molecular weight excluding hydrogens is 384 g/mol. The summed E-state index contributed by atoms with van der Waals surface area (Å²) in [6.07, 6.45) is 0. The zero-order valence-corrected chi connectivity index (χ0v) is 16.6. The average molecular weight is 406 g/mol. The highest BCUT2D eigenvalue weighted by molar-refractivity contribution is 7.89. The predicted molar refractivity (Wildman–Crippen MR) is 103 cm³/mol. The molecule has 3 rings (SSSR count). The van der Waals surface area contributed by atoms with Gasteiger partial charge in [-0.05, 0) is 56.7 Å². The van der Waals surface area contributed by atoms with E-state index in [-0.39, 0.29) is 11.7 Å². The van der Waals surface area contributed by atoms with Gasteiger partial charge in [-0.2, -0.15) is 4.72 Å². The number of amides is 1. The fourth-order valence-corrected chi connectivity index (χ4v) is 3.97. The monoisotopic (exact) mass is 406 g/mol. The number of nitrogens with one attached hydrogen (secondary N) is 2. The molecule has 0 saturated heterocycles. The van der Waals surface area contributed by atoms with Crippen LogP contribution in [0.2, 0.25) is 0 Å². The Labute approximate surface area is 163 Å². The number of anilines is 1. The highest BCUT2D eigenvalue weighted by Crippen LogP contribution is 2.34. The highest BCUT2D eigenvalue weighted by atomic mass is 32.2. The lowest BCUT2D eigenvalue weighted by Gasteiger charge is -2.15. The molecule has 1 aliphatic heterocycles. The third kappa shape index (κ3) is 4.37. The van der Waals surface area contributed by atoms with Crippen LogP contribution in [0.4, 0.5) is 5.69 Å². The number of sulfonamides is 1. The van der Waals surface area contributed by atoms with Gasteiger partial charge in [-0.15, -0.1) is 0 Å². The Hall–Kier alpha value is -2.78. The Bertz CT molecular complexity index is 990. The third-order valence-corrected chi connectivity index (χ3v) is 5.66. The molecule has 0 spiro atoms. The van der Waals surface area contributed by atoms with Gasteiger partial charge in [0.1, 0.15) is 5.75 Å². The van der Waals surface area contributed by atoms with Crippen molar-refractivity contribution in [1.29, 1.82) is 0 Å². The van der Waals surface area contributed by atoms with E-state index in [1.165, 1.54) is 19.1 Å². The second-order valence-electron chi connectivity index (χ2n) is 6.26. The molecule has 1 heterocycles. The number of carbonyl (C=O) groups excluding carboxylic acids is 1. The van der Waals surface area contributed by atoms with Crippen molar-refractivity contribution < 1.29 is 27.4 Å². The first-order valence-corrected chi connectivity index (χ1v) is 10.2. The molecule has 9 heteroatoms. The zero-order valence-electron chi connectivity index (χ0n) is 15.8. The van der Waals surface area contributed by atoms with Crippen molar-refractivity contribution >= 4 is 21.6 Å². The standard InChI is InChI=1S/C19H22N2O6S/c1-4-25-16-8-6-15(9-12(16)2)28(23,24)21-13(3)19(22)20-14-5-7-17-18(10-14)27-11-26-17/h5-10,13,21H,4,11H2,1-3H3,(H,20,22)/t13-/m0/s1. The van der Waals surface area contributed by atoms with Gasteiger partial charge < -0.3 is 19.5 Å². The van der Waals surface area contributed by atoms with Gasteiger partial charge in [-0.25, -0.2) is 8.42 Å². The number of hydrogen-bond donors (Lipinski definition) is 2. The van der Waals surface area contributed by atoms with Crippen LogP contribution < -0.4 is 24.2 Å². The van der Waals surface area contributed by atoms with Crippen LogP contribution in [0.1, 0.15) is 19.4 Å². The summed E-state index contributed by atoms with van der Waals surface area (Å²) in [5.74, 6) is 1.24. The maximum absolute atomic E-state index is 12.6. The molecule has 1 atom stereocenters. The van der Waals surface area contributed by atoms with Gasteiger partial charge in [0.05, 0.1) is 17.5 Å². The van der Waals surface area contributed by atoms with Crippen LogP contribution >= 0.6 is 0 Å². The summed E-state index contributed by atoms with van der Waals surface area (Å²) in [6, 6.07) is 8.53. The average Bonchev–Trinajstić information content (AvgIpc) is 3.11. The molecule has 0 aliphatic carbocycles. The zero-order chi connectivity index (χ0) is 20.3. The summed E-state index contributed by atoms with van der Waals surface area (Å²) >= 11 is 0. The first-order valence-electron chi connectivity index (χ1n) is 8.76. The summed E-state index contributed by atoms with van der Waals surface area (Å²) in [4.78, 5) is 12.5. The predicted octanol–water partition coefficient (Wildman–Crippen LogP) is 2.43. The molecule has 1 aliphatic rings. The maximum Gasteiger partial charge on any atom is 0.242 e. The minimum Gasteiger partial charge on any atom is -0.494 e. The molecule has 0 bridgehead atoms. The summed E-state index contributed by atoms with van der Waals surface area (Å²) in [6.45, 7) is 5.71. The van der Waals surface area contributed by atoms with Crippen molar-refractivity contribution in [1.82, 2.24) is 4.72 Å². The quantitative estimate of drug-likeness (QED) is 0.732. The fraction of sp³-hybridized carbons (Fsp3) is 0.316. The molecule has 1 amide bonds. The first-order chi connectivity index (χ1) is 13.3. The summed E-state index contributed by atoms with van der Waals surface area (Å²) in [5.41, 5.74) is 1.18. The molecule has 2 N–H and O–H groups in total. The Morgan fingerprint density at radius 2 is 1.93 bits per heavy atom. The summed E-state index contributed by atoms with van der Waals surface area (Å²) in [5, 5.41) is 2.66. The SMILES string of the molecule is CCOc1ccc(S(=O)(=O)N[C@@H](C)C(=O)Nc2ccc3c(c2)OCO3)cc1C. The second kappa shape index (κ2) is 8.07. The van der Waals surface area contributed by atoms with E-state index in [0.29, 0.717) is 35.1 Å². The highest BCUT2D eigenvalue weighted by Gasteiger charge is 2.23. The van der Waals surface area contributed by atoms with E-state index in [1.54, 1.807) is 31.2 Å². The number of aryl methyl sites for hydroxylation is 1. The van der Waals surface area contributed by atoms with Crippen LogP contribution in [-0.2, 0) is 14.8 Å². The Balaban J connectivity index is 1.68. The van der Waals surface area contributed by atoms with Crippen LogP contribution in [0.3, 0.4) is 0 Å². The lowest BCUT2D eigenvalue weighted by atomic mass is 10.2. The molecule has 0 fully saturated rings. The summed E-state index contributed by atoms with van der Waals surface area (Å²) < 4.78 is 43.5. The Kier molecular flexibility index (Phi) is 5.76. The molecule has 28 heavy (non-hydrogen) atoms. The number of carbonyl (C=O) groups is 1. The van der Waals surface area contributed by atoms with Gasteiger partial charge >= 0.3 is 0 Å². The normalized spacial score (nSPS) is 13.8. The molecule has 2 aromatic carbocycles. The molecule has 8 nitrogen and oxygen atoms in total. The van der Waals surface area contributed by atoms with E-state index >= 15 is 0 Å². The molecule has 0 saturated carbocycles. The van der Waals surface area contributed by atoms with Crippen molar-refractivity contribution in [2.75, 3.05) is 18.7 Å². The van der Waals surface area contributed by atoms with E-state index in [2.05, 4.69) is 10.0 Å². The lowest BCUT2D eigenvalue weighted by molar-refractivity contribution is -0.117. The van der Waals surface area contributed by atoms with Crippen LogP contribution in [0.25, 0.3) is 0 Å². The van der Waals surface area contributed by atoms with Gasteiger partial charge in [0, 0.05) is 11.8 Å². The van der Waals surface area contributed by atoms with Gasteiger partial charge in [0.15, 0.2) is 11.5 Å². The minimum atomic E-state index is -3.87. The van der Waals surface area contributed by atoms with Crippen molar-refractivity contribution in [3.05, 3.63) is 42.0 Å². The molecular formula is C19H22N2O6S. The lowest BCUT2D eigenvalue weighted by Crippen LogP contribution is -2.41. The van der Waals surface area contributed by atoms with Gasteiger partial charge in [-0.1, -0.05) is 0 Å². The molecule has 0 radical (unpaired) electrons. The topological polar surface area (TPSA) is 103 Å². The smallest absolute Gasteiger partial charge is 0.242 e. The van der Waals surface area contributed by atoms with Gasteiger partial charge in [0.25, 0.3) is 0 Å². The second-order valence-corrected chi connectivity index (χ2v) is 7.97. The van der Waals surface area contributed by atoms with E-state index in [9.17, 15) is 13.2 Å². The van der Waals surface area contributed by atoms with Gasteiger partial charge in [0.2, 0.25) is 22.7 Å². The van der Waals surface area contributed by atoms with Gasteiger partial charge in [-0.3, -0.25) is 4.79 Å². The van der Waals surface area contributed by atoms with E-state index < -0.39 is 22.0 Å². The largest absolute Gasteiger partial charge is 0.494 e. The van der Waals surface area contributed by atoms with E-state index in [4.69, 9.17) is 14.2 Å². The number of rotatable bonds is 7.